The van der Waals surface area contributed by atoms with Crippen molar-refractivity contribution in [2.75, 3.05) is 0 Å². The fourth-order valence-electron chi connectivity index (χ4n) is 2.06. The van der Waals surface area contributed by atoms with Crippen molar-refractivity contribution in [2.45, 2.75) is 0 Å². The largest absolute Gasteiger partial charge is 0.507 e. The molecule has 92 valence electrons. The number of phenolic OH excluding ortho intramolecular Hbond substituents is 1. The van der Waals surface area contributed by atoms with Crippen molar-refractivity contribution in [2.24, 2.45) is 0 Å². The monoisotopic (exact) mass is 248 g/mol. The molecule has 3 heteroatoms. The fraction of sp³-hybridized carbons (Fsp3) is 0. The van der Waals surface area contributed by atoms with Crippen LogP contribution in [0.3, 0.4) is 0 Å². The lowest BCUT2D eigenvalue weighted by molar-refractivity contribution is 0.477. The molecule has 0 amide bonds. The zero-order chi connectivity index (χ0) is 13.1. The van der Waals surface area contributed by atoms with Crippen molar-refractivity contribution in [3.05, 3.63) is 67.1 Å². The Kier molecular flexibility index (Phi) is 2.94. The van der Waals surface area contributed by atoms with Gasteiger partial charge in [-0.05, 0) is 24.3 Å². The van der Waals surface area contributed by atoms with Crippen LogP contribution in [-0.2, 0) is 0 Å². The molecule has 0 aliphatic carbocycles. The van der Waals surface area contributed by atoms with Crippen LogP contribution in [0.4, 0.5) is 0 Å². The normalized spacial score (nSPS) is 10.3. The molecule has 0 saturated carbocycles. The van der Waals surface area contributed by atoms with Gasteiger partial charge in [0.05, 0.1) is 5.69 Å². The molecule has 3 aromatic rings. The van der Waals surface area contributed by atoms with Crippen LogP contribution in [0.2, 0.25) is 0 Å². The number of pyridine rings is 2. The van der Waals surface area contributed by atoms with E-state index in [0.29, 0.717) is 0 Å². The van der Waals surface area contributed by atoms with Crippen LogP contribution in [0.15, 0.2) is 67.1 Å². The number of aromatic hydroxyl groups is 1. The molecular weight excluding hydrogens is 236 g/mol. The molecular formula is C16H12N2O. The summed E-state index contributed by atoms with van der Waals surface area (Å²) in [6.45, 7) is 0. The lowest BCUT2D eigenvalue weighted by Gasteiger charge is -2.09. The first-order valence-corrected chi connectivity index (χ1v) is 6.00. The van der Waals surface area contributed by atoms with Gasteiger partial charge in [0.2, 0.25) is 0 Å². The Balaban J connectivity index is 2.21. The van der Waals surface area contributed by atoms with Gasteiger partial charge in [0, 0.05) is 35.3 Å². The van der Waals surface area contributed by atoms with Crippen LogP contribution in [-0.4, -0.2) is 15.1 Å². The first kappa shape index (κ1) is 11.4. The minimum atomic E-state index is 0.243. The Morgan fingerprint density at radius 1 is 0.737 bits per heavy atom. The number of hydrogen-bond acceptors (Lipinski definition) is 3. The number of benzene rings is 1. The molecule has 0 radical (unpaired) electrons. The topological polar surface area (TPSA) is 46.0 Å². The maximum absolute atomic E-state index is 9.99. The van der Waals surface area contributed by atoms with Crippen LogP contribution < -0.4 is 0 Å². The Bertz CT molecular complexity index is 696. The van der Waals surface area contributed by atoms with E-state index in [4.69, 9.17) is 0 Å². The van der Waals surface area contributed by atoms with E-state index in [1.165, 1.54) is 0 Å². The summed E-state index contributed by atoms with van der Waals surface area (Å²) in [5.74, 6) is 0.243. The molecule has 1 aromatic carbocycles. The van der Waals surface area contributed by atoms with E-state index in [1.54, 1.807) is 30.7 Å². The standard InChI is InChI=1S/C16H12N2O/c19-16-7-2-1-5-13(16)14-11-17-10-8-12(14)15-6-3-4-9-18-15/h1-11,19H. The van der Waals surface area contributed by atoms with E-state index in [-0.39, 0.29) is 5.75 Å². The van der Waals surface area contributed by atoms with Crippen molar-refractivity contribution in [1.82, 2.24) is 9.97 Å². The van der Waals surface area contributed by atoms with Crippen molar-refractivity contribution in [3.8, 4) is 28.1 Å². The Labute approximate surface area is 111 Å². The average molecular weight is 248 g/mol. The van der Waals surface area contributed by atoms with Crippen molar-refractivity contribution < 1.29 is 5.11 Å². The summed E-state index contributed by atoms with van der Waals surface area (Å²) in [5, 5.41) is 9.99. The van der Waals surface area contributed by atoms with Gasteiger partial charge in [-0.25, -0.2) is 0 Å². The van der Waals surface area contributed by atoms with E-state index < -0.39 is 0 Å². The predicted molar refractivity (Wildman–Crippen MR) is 74.6 cm³/mol. The maximum atomic E-state index is 9.99. The summed E-state index contributed by atoms with van der Waals surface area (Å²) in [4.78, 5) is 8.50. The second-order valence-corrected chi connectivity index (χ2v) is 4.15. The molecule has 0 aliphatic heterocycles. The third kappa shape index (κ3) is 2.18. The van der Waals surface area contributed by atoms with Gasteiger partial charge >= 0.3 is 0 Å². The third-order valence-corrected chi connectivity index (χ3v) is 2.96. The van der Waals surface area contributed by atoms with Crippen LogP contribution in [0.1, 0.15) is 0 Å². The SMILES string of the molecule is Oc1ccccc1-c1cnccc1-c1ccccn1. The molecule has 19 heavy (non-hydrogen) atoms. The number of aromatic nitrogens is 2. The molecule has 0 aliphatic rings. The molecule has 1 N–H and O–H groups in total. The van der Waals surface area contributed by atoms with Gasteiger partial charge in [-0.2, -0.15) is 0 Å². The van der Waals surface area contributed by atoms with Crippen LogP contribution in [0.25, 0.3) is 22.4 Å². The highest BCUT2D eigenvalue weighted by Gasteiger charge is 2.10. The van der Waals surface area contributed by atoms with E-state index in [0.717, 1.165) is 22.4 Å². The molecule has 2 aromatic heterocycles. The summed E-state index contributed by atoms with van der Waals surface area (Å²) in [5.41, 5.74) is 3.45. The summed E-state index contributed by atoms with van der Waals surface area (Å²) in [6, 6.07) is 14.9. The first-order valence-electron chi connectivity index (χ1n) is 6.00. The number of hydrogen-bond donors (Lipinski definition) is 1. The summed E-state index contributed by atoms with van der Waals surface area (Å²) >= 11 is 0. The number of nitrogens with zero attached hydrogens (tertiary/aromatic N) is 2. The van der Waals surface area contributed by atoms with Gasteiger partial charge in [0.1, 0.15) is 5.75 Å². The molecule has 3 rings (SSSR count). The van der Waals surface area contributed by atoms with Crippen molar-refractivity contribution >= 4 is 0 Å². The highest BCUT2D eigenvalue weighted by molar-refractivity contribution is 5.83. The number of para-hydroxylation sites is 1. The Hall–Kier alpha value is -2.68. The molecule has 0 spiro atoms. The number of phenols is 1. The van der Waals surface area contributed by atoms with Crippen molar-refractivity contribution in [1.29, 1.82) is 0 Å². The van der Waals surface area contributed by atoms with E-state index in [9.17, 15) is 5.11 Å². The van der Waals surface area contributed by atoms with Crippen molar-refractivity contribution in [3.63, 3.8) is 0 Å². The van der Waals surface area contributed by atoms with Gasteiger partial charge in [-0.3, -0.25) is 9.97 Å². The van der Waals surface area contributed by atoms with Gasteiger partial charge in [0.15, 0.2) is 0 Å². The average Bonchev–Trinajstić information content (AvgIpc) is 2.49. The van der Waals surface area contributed by atoms with Gasteiger partial charge in [-0.15, -0.1) is 0 Å². The highest BCUT2D eigenvalue weighted by Crippen LogP contribution is 2.34. The second kappa shape index (κ2) is 4.90. The second-order valence-electron chi connectivity index (χ2n) is 4.15. The van der Waals surface area contributed by atoms with Gasteiger partial charge in [-0.1, -0.05) is 24.3 Å². The van der Waals surface area contributed by atoms with Gasteiger partial charge < -0.3 is 5.11 Å². The lowest BCUT2D eigenvalue weighted by Crippen LogP contribution is -1.89. The van der Waals surface area contributed by atoms with Gasteiger partial charge in [0.25, 0.3) is 0 Å². The first-order chi connectivity index (χ1) is 9.36. The third-order valence-electron chi connectivity index (χ3n) is 2.96. The zero-order valence-electron chi connectivity index (χ0n) is 10.2. The van der Waals surface area contributed by atoms with Crippen LogP contribution >= 0.6 is 0 Å². The zero-order valence-corrected chi connectivity index (χ0v) is 10.2. The number of rotatable bonds is 2. The molecule has 0 fully saturated rings. The molecule has 2 heterocycles. The summed E-state index contributed by atoms with van der Waals surface area (Å²) in [7, 11) is 0. The van der Waals surface area contributed by atoms with E-state index in [1.807, 2.05) is 36.4 Å². The smallest absolute Gasteiger partial charge is 0.123 e. The molecule has 0 unspecified atom stereocenters. The minimum Gasteiger partial charge on any atom is -0.507 e. The Morgan fingerprint density at radius 3 is 2.37 bits per heavy atom. The van der Waals surface area contributed by atoms with E-state index in [2.05, 4.69) is 9.97 Å². The highest BCUT2D eigenvalue weighted by atomic mass is 16.3. The molecule has 0 atom stereocenters. The van der Waals surface area contributed by atoms with Crippen LogP contribution in [0.5, 0.6) is 5.75 Å². The lowest BCUT2D eigenvalue weighted by atomic mass is 9.99. The summed E-state index contributed by atoms with van der Waals surface area (Å²) in [6.07, 6.45) is 5.23. The fourth-order valence-corrected chi connectivity index (χ4v) is 2.06. The quantitative estimate of drug-likeness (QED) is 0.754. The predicted octanol–water partition coefficient (Wildman–Crippen LogP) is 3.52. The minimum absolute atomic E-state index is 0.243. The molecule has 3 nitrogen and oxygen atoms in total. The summed E-state index contributed by atoms with van der Waals surface area (Å²) < 4.78 is 0. The Morgan fingerprint density at radius 2 is 1.58 bits per heavy atom. The molecule has 0 bridgehead atoms. The van der Waals surface area contributed by atoms with E-state index >= 15 is 0 Å². The molecule has 0 saturated heterocycles. The maximum Gasteiger partial charge on any atom is 0.123 e. The van der Waals surface area contributed by atoms with Crippen LogP contribution in [0, 0.1) is 0 Å².